The molecule has 1 N–H and O–H groups in total. The van der Waals surface area contributed by atoms with E-state index in [1.54, 1.807) is 51.1 Å². The second-order valence-electron chi connectivity index (χ2n) is 4.74. The van der Waals surface area contributed by atoms with Crippen LogP contribution in [0.3, 0.4) is 0 Å². The minimum Gasteiger partial charge on any atom is -0.444 e. The number of amides is 1. The number of carbonyl (C=O) groups is 2. The molecule has 4 heteroatoms. The van der Waals surface area contributed by atoms with Crippen LogP contribution in [0.4, 0.5) is 10.5 Å². The zero-order chi connectivity index (χ0) is 13.6. The fourth-order valence-electron chi connectivity index (χ4n) is 1.25. The highest BCUT2D eigenvalue weighted by molar-refractivity contribution is 5.85. The topological polar surface area (TPSA) is 55.4 Å². The van der Waals surface area contributed by atoms with Crippen molar-refractivity contribution in [1.29, 1.82) is 0 Å². The first kappa shape index (κ1) is 14.0. The van der Waals surface area contributed by atoms with Crippen LogP contribution in [0.2, 0.25) is 0 Å². The van der Waals surface area contributed by atoms with Gasteiger partial charge in [-0.1, -0.05) is 18.2 Å². The third-order valence-corrected chi connectivity index (χ3v) is 1.92. The molecule has 0 aliphatic rings. The second kappa shape index (κ2) is 6.00. The first-order valence-electron chi connectivity index (χ1n) is 5.62. The summed E-state index contributed by atoms with van der Waals surface area (Å²) >= 11 is 0. The SMILES string of the molecule is CC(C)(C)OC(=O)Nc1ccc(/C=C/C=O)cc1. The first-order valence-corrected chi connectivity index (χ1v) is 5.62. The standard InChI is InChI=1S/C14H17NO3/c1-14(2,3)18-13(17)15-12-8-6-11(7-9-12)5-4-10-16/h4-10H,1-3H3,(H,15,17)/b5-4+. The summed E-state index contributed by atoms with van der Waals surface area (Å²) in [5.74, 6) is 0. The lowest BCUT2D eigenvalue weighted by atomic mass is 10.2. The van der Waals surface area contributed by atoms with Crippen LogP contribution < -0.4 is 5.32 Å². The van der Waals surface area contributed by atoms with E-state index in [9.17, 15) is 9.59 Å². The average molecular weight is 247 g/mol. The van der Waals surface area contributed by atoms with Crippen LogP contribution in [0.5, 0.6) is 0 Å². The van der Waals surface area contributed by atoms with Crippen molar-refractivity contribution in [2.75, 3.05) is 5.32 Å². The van der Waals surface area contributed by atoms with Crippen molar-refractivity contribution in [3.8, 4) is 0 Å². The monoisotopic (exact) mass is 247 g/mol. The lowest BCUT2D eigenvalue weighted by Crippen LogP contribution is -2.27. The smallest absolute Gasteiger partial charge is 0.412 e. The zero-order valence-corrected chi connectivity index (χ0v) is 10.8. The predicted octanol–water partition coefficient (Wildman–Crippen LogP) is 3.25. The highest BCUT2D eigenvalue weighted by atomic mass is 16.6. The molecule has 0 bridgehead atoms. The summed E-state index contributed by atoms with van der Waals surface area (Å²) in [6.45, 7) is 5.42. The number of hydrogen-bond acceptors (Lipinski definition) is 3. The number of rotatable bonds is 3. The van der Waals surface area contributed by atoms with Gasteiger partial charge in [-0.15, -0.1) is 0 Å². The molecule has 1 amide bonds. The Balaban J connectivity index is 2.61. The van der Waals surface area contributed by atoms with Gasteiger partial charge in [-0.3, -0.25) is 10.1 Å². The van der Waals surface area contributed by atoms with Gasteiger partial charge >= 0.3 is 6.09 Å². The quantitative estimate of drug-likeness (QED) is 0.659. The zero-order valence-electron chi connectivity index (χ0n) is 10.8. The van der Waals surface area contributed by atoms with Crippen molar-refractivity contribution >= 4 is 24.1 Å². The molecule has 0 saturated heterocycles. The molecule has 0 unspecified atom stereocenters. The van der Waals surface area contributed by atoms with E-state index in [0.29, 0.717) is 12.0 Å². The Morgan fingerprint density at radius 1 is 1.22 bits per heavy atom. The van der Waals surface area contributed by atoms with Gasteiger partial charge in [0, 0.05) is 5.69 Å². The third-order valence-electron chi connectivity index (χ3n) is 1.92. The van der Waals surface area contributed by atoms with Crippen LogP contribution in [0.15, 0.2) is 30.3 Å². The van der Waals surface area contributed by atoms with Gasteiger partial charge in [-0.2, -0.15) is 0 Å². The van der Waals surface area contributed by atoms with Crippen molar-refractivity contribution in [3.05, 3.63) is 35.9 Å². The molecule has 0 saturated carbocycles. The molecule has 0 aliphatic carbocycles. The summed E-state index contributed by atoms with van der Waals surface area (Å²) in [5, 5.41) is 2.63. The maximum absolute atomic E-state index is 11.5. The van der Waals surface area contributed by atoms with E-state index in [-0.39, 0.29) is 0 Å². The van der Waals surface area contributed by atoms with E-state index in [4.69, 9.17) is 4.74 Å². The van der Waals surface area contributed by atoms with E-state index in [1.807, 2.05) is 0 Å². The fourth-order valence-corrected chi connectivity index (χ4v) is 1.25. The molecule has 0 aliphatic heterocycles. The van der Waals surface area contributed by atoms with Crippen molar-refractivity contribution in [3.63, 3.8) is 0 Å². The molecular weight excluding hydrogens is 230 g/mol. The summed E-state index contributed by atoms with van der Waals surface area (Å²) in [4.78, 5) is 21.7. The predicted molar refractivity (Wildman–Crippen MR) is 71.4 cm³/mol. The van der Waals surface area contributed by atoms with Crippen molar-refractivity contribution < 1.29 is 14.3 Å². The van der Waals surface area contributed by atoms with Crippen LogP contribution in [-0.2, 0) is 9.53 Å². The van der Waals surface area contributed by atoms with Gasteiger partial charge in [0.05, 0.1) is 0 Å². The van der Waals surface area contributed by atoms with Crippen molar-refractivity contribution in [2.45, 2.75) is 26.4 Å². The van der Waals surface area contributed by atoms with Crippen molar-refractivity contribution in [2.24, 2.45) is 0 Å². The Morgan fingerprint density at radius 3 is 2.33 bits per heavy atom. The summed E-state index contributed by atoms with van der Waals surface area (Å²) in [7, 11) is 0. The summed E-state index contributed by atoms with van der Waals surface area (Å²) < 4.78 is 5.13. The number of ether oxygens (including phenoxy) is 1. The maximum Gasteiger partial charge on any atom is 0.412 e. The first-order chi connectivity index (χ1) is 8.40. The average Bonchev–Trinajstić information content (AvgIpc) is 2.25. The molecule has 0 spiro atoms. The summed E-state index contributed by atoms with van der Waals surface area (Å²) in [6.07, 6.45) is 3.33. The molecule has 0 aromatic heterocycles. The number of aldehydes is 1. The van der Waals surface area contributed by atoms with Gasteiger partial charge in [0.1, 0.15) is 11.9 Å². The summed E-state index contributed by atoms with van der Waals surface area (Å²) in [5.41, 5.74) is 1.01. The Bertz CT molecular complexity index is 441. The van der Waals surface area contributed by atoms with E-state index in [1.165, 1.54) is 6.08 Å². The molecule has 18 heavy (non-hydrogen) atoms. The number of allylic oxidation sites excluding steroid dienone is 1. The molecule has 1 rings (SSSR count). The second-order valence-corrected chi connectivity index (χ2v) is 4.74. The normalized spacial score (nSPS) is 11.3. The van der Waals surface area contributed by atoms with Gasteiger partial charge in [0.25, 0.3) is 0 Å². The molecule has 0 atom stereocenters. The highest BCUT2D eigenvalue weighted by Crippen LogP contribution is 2.13. The number of carbonyl (C=O) groups excluding carboxylic acids is 2. The third kappa shape index (κ3) is 5.30. The Morgan fingerprint density at radius 2 is 1.83 bits per heavy atom. The van der Waals surface area contributed by atoms with E-state index in [0.717, 1.165) is 5.56 Å². The lowest BCUT2D eigenvalue weighted by molar-refractivity contribution is -0.104. The van der Waals surface area contributed by atoms with Crippen LogP contribution in [0.25, 0.3) is 6.08 Å². The minimum atomic E-state index is -0.517. The highest BCUT2D eigenvalue weighted by Gasteiger charge is 2.15. The number of nitrogens with one attached hydrogen (secondary N) is 1. The minimum absolute atomic E-state index is 0.487. The number of anilines is 1. The van der Waals surface area contributed by atoms with Crippen LogP contribution in [0.1, 0.15) is 26.3 Å². The van der Waals surface area contributed by atoms with Gasteiger partial charge in [-0.05, 0) is 44.5 Å². The Hall–Kier alpha value is -2.10. The Kier molecular flexibility index (Phi) is 4.66. The van der Waals surface area contributed by atoms with E-state index in [2.05, 4.69) is 5.32 Å². The van der Waals surface area contributed by atoms with E-state index >= 15 is 0 Å². The van der Waals surface area contributed by atoms with Gasteiger partial charge in [0.2, 0.25) is 0 Å². The largest absolute Gasteiger partial charge is 0.444 e. The molecule has 1 aromatic carbocycles. The number of benzene rings is 1. The van der Waals surface area contributed by atoms with E-state index < -0.39 is 11.7 Å². The molecular formula is C14H17NO3. The Labute approximate surface area is 107 Å². The lowest BCUT2D eigenvalue weighted by Gasteiger charge is -2.19. The van der Waals surface area contributed by atoms with Crippen LogP contribution >= 0.6 is 0 Å². The maximum atomic E-state index is 11.5. The molecule has 0 radical (unpaired) electrons. The van der Waals surface area contributed by atoms with Gasteiger partial charge in [0.15, 0.2) is 0 Å². The molecule has 0 heterocycles. The summed E-state index contributed by atoms with van der Waals surface area (Å²) in [6, 6.07) is 7.09. The fraction of sp³-hybridized carbons (Fsp3) is 0.286. The van der Waals surface area contributed by atoms with Crippen LogP contribution in [-0.4, -0.2) is 18.0 Å². The molecule has 0 fully saturated rings. The molecule has 96 valence electrons. The number of hydrogen-bond donors (Lipinski definition) is 1. The molecule has 4 nitrogen and oxygen atoms in total. The van der Waals surface area contributed by atoms with Crippen LogP contribution in [0, 0.1) is 0 Å². The van der Waals surface area contributed by atoms with Crippen molar-refractivity contribution in [1.82, 2.24) is 0 Å². The molecule has 1 aromatic rings. The van der Waals surface area contributed by atoms with Gasteiger partial charge in [-0.25, -0.2) is 4.79 Å². The van der Waals surface area contributed by atoms with Gasteiger partial charge < -0.3 is 4.74 Å².